The van der Waals surface area contributed by atoms with Crippen molar-refractivity contribution in [2.24, 2.45) is 0 Å². The summed E-state index contributed by atoms with van der Waals surface area (Å²) in [5.41, 5.74) is 0.747. The molecule has 2 aromatic rings. The summed E-state index contributed by atoms with van der Waals surface area (Å²) in [6.45, 7) is 4.37. The van der Waals surface area contributed by atoms with Gasteiger partial charge in [0.05, 0.1) is 11.0 Å². The third-order valence-corrected chi connectivity index (χ3v) is 5.98. The second-order valence-corrected chi connectivity index (χ2v) is 8.11. The maximum Gasteiger partial charge on any atom is 0.264 e. The third-order valence-electron chi connectivity index (χ3n) is 4.85. The molecule has 1 aromatic carbocycles. The molecule has 5 heteroatoms. The maximum atomic E-state index is 12.7. The van der Waals surface area contributed by atoms with Crippen molar-refractivity contribution in [1.82, 2.24) is 4.90 Å². The number of hydrogen-bond donors (Lipinski definition) is 0. The Labute approximate surface area is 165 Å². The van der Waals surface area contributed by atoms with Gasteiger partial charge in [0.25, 0.3) is 5.91 Å². The summed E-state index contributed by atoms with van der Waals surface area (Å²) in [5, 5.41) is 0. The minimum Gasteiger partial charge on any atom is -0.376 e. The summed E-state index contributed by atoms with van der Waals surface area (Å²) in [6, 6.07) is 13.2. The Morgan fingerprint density at radius 1 is 1.19 bits per heavy atom. The summed E-state index contributed by atoms with van der Waals surface area (Å²) in [7, 11) is 0. The van der Waals surface area contributed by atoms with Gasteiger partial charge in [-0.05, 0) is 31.4 Å². The third kappa shape index (κ3) is 5.50. The van der Waals surface area contributed by atoms with Crippen LogP contribution in [0.4, 0.5) is 0 Å². The van der Waals surface area contributed by atoms with Gasteiger partial charge in [-0.15, -0.1) is 11.3 Å². The first-order valence-electron chi connectivity index (χ1n) is 9.75. The normalized spacial score (nSPS) is 16.6. The molecule has 0 spiro atoms. The van der Waals surface area contributed by atoms with E-state index in [1.807, 2.05) is 47.4 Å². The van der Waals surface area contributed by atoms with Crippen LogP contribution in [0, 0.1) is 0 Å². The zero-order valence-corrected chi connectivity index (χ0v) is 16.7. The molecule has 0 saturated carbocycles. The molecule has 2 heterocycles. The van der Waals surface area contributed by atoms with Crippen LogP contribution >= 0.6 is 11.3 Å². The molecule has 0 bridgehead atoms. The summed E-state index contributed by atoms with van der Waals surface area (Å²) >= 11 is 1.50. The number of carbonyl (C=O) groups is 2. The van der Waals surface area contributed by atoms with Crippen molar-refractivity contribution in [1.29, 1.82) is 0 Å². The molecule has 0 aliphatic carbocycles. The van der Waals surface area contributed by atoms with Gasteiger partial charge in [0.15, 0.2) is 5.78 Å². The van der Waals surface area contributed by atoms with Gasteiger partial charge in [-0.25, -0.2) is 0 Å². The number of aryl methyl sites for hydroxylation is 1. The van der Waals surface area contributed by atoms with E-state index >= 15 is 0 Å². The lowest BCUT2D eigenvalue weighted by Crippen LogP contribution is -2.29. The van der Waals surface area contributed by atoms with Crippen molar-refractivity contribution in [3.8, 4) is 0 Å². The summed E-state index contributed by atoms with van der Waals surface area (Å²) in [6.07, 6.45) is 4.42. The van der Waals surface area contributed by atoms with E-state index in [9.17, 15) is 9.59 Å². The molecule has 1 aliphatic heterocycles. The fourth-order valence-corrected chi connectivity index (χ4v) is 4.21. The lowest BCUT2D eigenvalue weighted by Gasteiger charge is -2.15. The highest BCUT2D eigenvalue weighted by molar-refractivity contribution is 7.14. The van der Waals surface area contributed by atoms with Crippen molar-refractivity contribution in [2.45, 2.75) is 45.1 Å². The predicted octanol–water partition coefficient (Wildman–Crippen LogP) is 4.59. The average molecular weight is 386 g/mol. The molecule has 1 unspecified atom stereocenters. The number of carbonyl (C=O) groups excluding carboxylic acids is 2. The fourth-order valence-electron chi connectivity index (χ4n) is 3.23. The number of Topliss-reactive ketones (excluding diaryl/α,β-unsaturated/α-hetero) is 1. The molecule has 1 saturated heterocycles. The Kier molecular flexibility index (Phi) is 7.18. The van der Waals surface area contributed by atoms with E-state index < -0.39 is 0 Å². The zero-order valence-electron chi connectivity index (χ0n) is 15.9. The highest BCUT2D eigenvalue weighted by Crippen LogP contribution is 2.23. The number of thiophene rings is 1. The largest absolute Gasteiger partial charge is 0.376 e. The van der Waals surface area contributed by atoms with E-state index in [1.54, 1.807) is 0 Å². The highest BCUT2D eigenvalue weighted by atomic mass is 32.1. The second kappa shape index (κ2) is 9.81. The molecule has 1 aliphatic rings. The predicted molar refractivity (Wildman–Crippen MR) is 109 cm³/mol. The smallest absolute Gasteiger partial charge is 0.264 e. The number of nitrogens with zero attached hydrogens (tertiary/aromatic N) is 1. The minimum atomic E-state index is 0.0854. The number of amides is 1. The van der Waals surface area contributed by atoms with E-state index in [2.05, 4.69) is 6.92 Å². The van der Waals surface area contributed by atoms with Gasteiger partial charge in [-0.2, -0.15) is 0 Å². The number of hydrogen-bond acceptors (Lipinski definition) is 4. The lowest BCUT2D eigenvalue weighted by molar-refractivity contribution is 0.0523. The topological polar surface area (TPSA) is 46.6 Å². The van der Waals surface area contributed by atoms with Gasteiger partial charge in [0, 0.05) is 36.6 Å². The first-order valence-corrected chi connectivity index (χ1v) is 10.6. The van der Waals surface area contributed by atoms with Crippen LogP contribution in [0.15, 0.2) is 42.5 Å². The molecule has 1 amide bonds. The Balaban J connectivity index is 1.49. The Morgan fingerprint density at radius 3 is 2.78 bits per heavy atom. The molecule has 1 atom stereocenters. The molecule has 0 N–H and O–H groups in total. The van der Waals surface area contributed by atoms with Crippen LogP contribution in [0.2, 0.25) is 0 Å². The van der Waals surface area contributed by atoms with Crippen molar-refractivity contribution in [3.63, 3.8) is 0 Å². The van der Waals surface area contributed by atoms with Crippen molar-refractivity contribution >= 4 is 23.0 Å². The molecule has 1 aromatic heterocycles. The minimum absolute atomic E-state index is 0.0854. The average Bonchev–Trinajstić information content (AvgIpc) is 3.36. The molecule has 1 fully saturated rings. The standard InChI is InChI=1S/C22H27NO3S/c1-2-3-15-26-18-13-14-23(16-18)22(25)21-12-10-19(27-21)9-11-20(24)17-7-5-4-6-8-17/h4-8,10,12,18H,2-3,9,11,13-16H2,1H3. The van der Waals surface area contributed by atoms with Crippen LogP contribution in [-0.4, -0.2) is 42.4 Å². The fraction of sp³-hybridized carbons (Fsp3) is 0.455. The zero-order chi connectivity index (χ0) is 19.1. The first kappa shape index (κ1) is 19.8. The molecular formula is C22H27NO3S. The summed E-state index contributed by atoms with van der Waals surface area (Å²) in [4.78, 5) is 28.7. The van der Waals surface area contributed by atoms with Gasteiger partial charge < -0.3 is 9.64 Å². The number of benzene rings is 1. The van der Waals surface area contributed by atoms with Crippen molar-refractivity contribution in [2.75, 3.05) is 19.7 Å². The van der Waals surface area contributed by atoms with E-state index in [0.717, 1.165) is 47.7 Å². The molecular weight excluding hydrogens is 358 g/mol. The van der Waals surface area contributed by atoms with Gasteiger partial charge in [0.2, 0.25) is 0 Å². The van der Waals surface area contributed by atoms with Gasteiger partial charge in [-0.1, -0.05) is 43.7 Å². The van der Waals surface area contributed by atoms with Crippen LogP contribution in [0.1, 0.15) is 57.5 Å². The second-order valence-electron chi connectivity index (χ2n) is 6.94. The van der Waals surface area contributed by atoms with Crippen molar-refractivity contribution in [3.05, 3.63) is 57.8 Å². The summed E-state index contributed by atoms with van der Waals surface area (Å²) < 4.78 is 5.84. The highest BCUT2D eigenvalue weighted by Gasteiger charge is 2.28. The first-order chi connectivity index (χ1) is 13.2. The quantitative estimate of drug-likeness (QED) is 0.468. The van der Waals surface area contributed by atoms with Gasteiger partial charge >= 0.3 is 0 Å². The number of ether oxygens (including phenoxy) is 1. The van der Waals surface area contributed by atoms with E-state index in [-0.39, 0.29) is 17.8 Å². The number of ketones is 1. The van der Waals surface area contributed by atoms with Crippen LogP contribution in [-0.2, 0) is 11.2 Å². The molecule has 27 heavy (non-hydrogen) atoms. The van der Waals surface area contributed by atoms with Crippen LogP contribution < -0.4 is 0 Å². The maximum absolute atomic E-state index is 12.7. The van der Waals surface area contributed by atoms with Crippen molar-refractivity contribution < 1.29 is 14.3 Å². The van der Waals surface area contributed by atoms with Crippen LogP contribution in [0.5, 0.6) is 0 Å². The van der Waals surface area contributed by atoms with Gasteiger partial charge in [0.1, 0.15) is 0 Å². The van der Waals surface area contributed by atoms with Crippen LogP contribution in [0.25, 0.3) is 0 Å². The number of rotatable bonds is 9. The Bertz CT molecular complexity index is 756. The Morgan fingerprint density at radius 2 is 2.00 bits per heavy atom. The number of unbranched alkanes of at least 4 members (excludes halogenated alkanes) is 1. The van der Waals surface area contributed by atoms with Crippen LogP contribution in [0.3, 0.4) is 0 Å². The molecule has 144 valence electrons. The lowest BCUT2D eigenvalue weighted by atomic mass is 10.1. The van der Waals surface area contributed by atoms with E-state index in [0.29, 0.717) is 19.4 Å². The Hall–Kier alpha value is -1.98. The SMILES string of the molecule is CCCCOC1CCN(C(=O)c2ccc(CCC(=O)c3ccccc3)s2)C1. The number of likely N-dealkylation sites (tertiary alicyclic amines) is 1. The molecule has 4 nitrogen and oxygen atoms in total. The molecule has 0 radical (unpaired) electrons. The summed E-state index contributed by atoms with van der Waals surface area (Å²) in [5.74, 6) is 0.228. The monoisotopic (exact) mass is 385 g/mol. The molecule has 3 rings (SSSR count). The van der Waals surface area contributed by atoms with Gasteiger partial charge in [-0.3, -0.25) is 9.59 Å². The van der Waals surface area contributed by atoms with E-state index in [1.165, 1.54) is 11.3 Å². The van der Waals surface area contributed by atoms with E-state index in [4.69, 9.17) is 4.74 Å².